The van der Waals surface area contributed by atoms with Gasteiger partial charge in [0.2, 0.25) is 5.91 Å². The number of benzene rings is 1. The van der Waals surface area contributed by atoms with E-state index >= 15 is 0 Å². The van der Waals surface area contributed by atoms with E-state index in [0.29, 0.717) is 33.2 Å². The molecule has 0 bridgehead atoms. The average molecular weight is 548 g/mol. The highest BCUT2D eigenvalue weighted by Crippen LogP contribution is 2.39. The molecule has 0 saturated carbocycles. The first-order valence-electron chi connectivity index (χ1n) is 11.7. The monoisotopic (exact) mass is 547 g/mol. The molecule has 1 aromatic carbocycles. The van der Waals surface area contributed by atoms with E-state index in [4.69, 9.17) is 22.1 Å². The molecule has 0 fully saturated rings. The Morgan fingerprint density at radius 2 is 2.03 bits per heavy atom. The molecule has 4 rings (SSSR count). The predicted molar refractivity (Wildman–Crippen MR) is 144 cm³/mol. The second kappa shape index (κ2) is 10.8. The van der Waals surface area contributed by atoms with Crippen molar-refractivity contribution in [2.75, 3.05) is 11.1 Å². The van der Waals surface area contributed by atoms with Crippen LogP contribution in [-0.2, 0) is 24.7 Å². The molecule has 2 amide bonds. The number of carbonyl (C=O) groups is 2. The summed E-state index contributed by atoms with van der Waals surface area (Å²) in [5.41, 5.74) is 9.00. The maximum absolute atomic E-state index is 12.8. The van der Waals surface area contributed by atoms with Crippen LogP contribution in [0.3, 0.4) is 0 Å². The second-order valence-corrected chi connectivity index (χ2v) is 11.7. The Bertz CT molecular complexity index is 1300. The van der Waals surface area contributed by atoms with E-state index in [9.17, 15) is 9.59 Å². The number of hydrogen-bond donors (Lipinski definition) is 2. The lowest BCUT2D eigenvalue weighted by molar-refractivity contribution is -0.113. The third kappa shape index (κ3) is 5.55. The number of rotatable bonds is 8. The van der Waals surface area contributed by atoms with Gasteiger partial charge in [-0.15, -0.1) is 21.5 Å². The van der Waals surface area contributed by atoms with E-state index in [1.807, 2.05) is 44.5 Å². The van der Waals surface area contributed by atoms with Crippen LogP contribution in [0.25, 0.3) is 0 Å². The summed E-state index contributed by atoms with van der Waals surface area (Å²) in [7, 11) is 1.84. The van der Waals surface area contributed by atoms with Crippen LogP contribution < -0.4 is 15.8 Å². The molecule has 2 atom stereocenters. The molecule has 1 aliphatic rings. The van der Waals surface area contributed by atoms with Crippen molar-refractivity contribution in [1.29, 1.82) is 0 Å². The summed E-state index contributed by atoms with van der Waals surface area (Å²) in [5.74, 6) is 1.29. The summed E-state index contributed by atoms with van der Waals surface area (Å²) in [6, 6.07) is 3.79. The molecule has 192 valence electrons. The average Bonchev–Trinajstić information content (AvgIpc) is 3.35. The van der Waals surface area contributed by atoms with Gasteiger partial charge in [-0.1, -0.05) is 30.3 Å². The molecule has 11 heteroatoms. The lowest BCUT2D eigenvalue weighted by Crippen LogP contribution is -2.20. The van der Waals surface area contributed by atoms with Crippen molar-refractivity contribution >= 4 is 51.5 Å². The van der Waals surface area contributed by atoms with E-state index in [2.05, 4.69) is 22.4 Å². The Kier molecular flexibility index (Phi) is 7.96. The molecule has 0 aliphatic heterocycles. The van der Waals surface area contributed by atoms with Gasteiger partial charge in [0.1, 0.15) is 10.8 Å². The van der Waals surface area contributed by atoms with Crippen molar-refractivity contribution < 1.29 is 14.3 Å². The standard InChI is InChI=1S/C25H30ClN5O3S2/c1-12-6-7-17-18(8-12)36-24(20(17)22(27)33)28-19(32)11-35-25-30-29-23(31(25)5)15(4)34-16-9-13(2)21(26)14(3)10-16/h9-10,12,15H,6-8,11H2,1-5H3,(H2,27,33)(H,28,32). The van der Waals surface area contributed by atoms with Crippen molar-refractivity contribution in [3.05, 3.63) is 50.1 Å². The smallest absolute Gasteiger partial charge is 0.251 e. The predicted octanol–water partition coefficient (Wildman–Crippen LogP) is 5.24. The van der Waals surface area contributed by atoms with Crippen LogP contribution in [0, 0.1) is 19.8 Å². The number of nitrogens with one attached hydrogen (secondary N) is 1. The lowest BCUT2D eigenvalue weighted by atomic mass is 9.88. The van der Waals surface area contributed by atoms with Gasteiger partial charge in [-0.2, -0.15) is 0 Å². The highest BCUT2D eigenvalue weighted by Gasteiger charge is 2.27. The molecule has 3 N–H and O–H groups in total. The van der Waals surface area contributed by atoms with Crippen molar-refractivity contribution in [2.24, 2.45) is 18.7 Å². The van der Waals surface area contributed by atoms with E-state index < -0.39 is 5.91 Å². The van der Waals surface area contributed by atoms with Crippen molar-refractivity contribution in [1.82, 2.24) is 14.8 Å². The molecular weight excluding hydrogens is 518 g/mol. The number of aromatic nitrogens is 3. The molecule has 36 heavy (non-hydrogen) atoms. The minimum Gasteiger partial charge on any atom is -0.483 e. The summed E-state index contributed by atoms with van der Waals surface area (Å²) in [4.78, 5) is 26.0. The maximum atomic E-state index is 12.8. The zero-order chi connectivity index (χ0) is 26.1. The molecule has 0 radical (unpaired) electrons. The lowest BCUT2D eigenvalue weighted by Gasteiger charge is -2.18. The number of halogens is 1. The van der Waals surface area contributed by atoms with Gasteiger partial charge in [0.15, 0.2) is 17.1 Å². The van der Waals surface area contributed by atoms with E-state index in [0.717, 1.165) is 45.9 Å². The van der Waals surface area contributed by atoms with Gasteiger partial charge in [-0.25, -0.2) is 0 Å². The van der Waals surface area contributed by atoms with Gasteiger partial charge < -0.3 is 20.4 Å². The number of aryl methyl sites for hydroxylation is 2. The first kappa shape index (κ1) is 26.5. The molecule has 0 saturated heterocycles. The van der Waals surface area contributed by atoms with Gasteiger partial charge >= 0.3 is 0 Å². The van der Waals surface area contributed by atoms with E-state index in [1.165, 1.54) is 23.1 Å². The van der Waals surface area contributed by atoms with Crippen LogP contribution in [0.15, 0.2) is 17.3 Å². The minimum absolute atomic E-state index is 0.119. The van der Waals surface area contributed by atoms with Gasteiger partial charge in [0, 0.05) is 16.9 Å². The zero-order valence-corrected chi connectivity index (χ0v) is 23.4. The van der Waals surface area contributed by atoms with Crippen molar-refractivity contribution in [3.63, 3.8) is 0 Å². The van der Waals surface area contributed by atoms with Crippen LogP contribution in [0.1, 0.15) is 64.1 Å². The number of hydrogen-bond acceptors (Lipinski definition) is 7. The zero-order valence-electron chi connectivity index (χ0n) is 21.0. The third-order valence-electron chi connectivity index (χ3n) is 6.30. The first-order valence-corrected chi connectivity index (χ1v) is 13.9. The SMILES string of the molecule is Cc1cc(OC(C)c2nnc(SCC(=O)Nc3sc4c(c3C(N)=O)CCC(C)C4)n2C)cc(C)c1Cl. The molecule has 1 aliphatic carbocycles. The molecular formula is C25H30ClN5O3S2. The highest BCUT2D eigenvalue weighted by molar-refractivity contribution is 7.99. The quantitative estimate of drug-likeness (QED) is 0.373. The minimum atomic E-state index is -0.497. The number of ether oxygens (including phenoxy) is 1. The number of nitrogens with zero attached hydrogens (tertiary/aromatic N) is 3. The summed E-state index contributed by atoms with van der Waals surface area (Å²) in [6.07, 6.45) is 2.37. The fourth-order valence-corrected chi connectivity index (χ4v) is 6.69. The third-order valence-corrected chi connectivity index (χ3v) is 9.08. The van der Waals surface area contributed by atoms with Gasteiger partial charge in [-0.05, 0) is 74.8 Å². The fourth-order valence-electron chi connectivity index (χ4n) is 4.43. The number of thioether (sulfide) groups is 1. The highest BCUT2D eigenvalue weighted by atomic mass is 35.5. The van der Waals surface area contributed by atoms with Gasteiger partial charge in [0.05, 0.1) is 11.3 Å². The summed E-state index contributed by atoms with van der Waals surface area (Å²) in [5, 5.41) is 13.3. The number of carbonyl (C=O) groups excluding carboxylic acids is 2. The summed E-state index contributed by atoms with van der Waals surface area (Å²) in [6.45, 7) is 7.97. The second-order valence-electron chi connectivity index (χ2n) is 9.29. The number of thiophene rings is 1. The van der Waals surface area contributed by atoms with Gasteiger partial charge in [0.25, 0.3) is 5.91 Å². The number of anilines is 1. The molecule has 2 unspecified atom stereocenters. The van der Waals surface area contributed by atoms with Crippen LogP contribution in [0.4, 0.5) is 5.00 Å². The topological polar surface area (TPSA) is 112 Å². The number of amides is 2. The number of primary amides is 1. The Morgan fingerprint density at radius 3 is 2.69 bits per heavy atom. The Labute approximate surface area is 224 Å². The van der Waals surface area contributed by atoms with Crippen LogP contribution >= 0.6 is 34.7 Å². The van der Waals surface area contributed by atoms with E-state index in [-0.39, 0.29) is 17.8 Å². The summed E-state index contributed by atoms with van der Waals surface area (Å²) < 4.78 is 7.90. The van der Waals surface area contributed by atoms with Crippen LogP contribution in [0.2, 0.25) is 5.02 Å². The van der Waals surface area contributed by atoms with E-state index in [1.54, 1.807) is 0 Å². The largest absolute Gasteiger partial charge is 0.483 e. The number of nitrogens with two attached hydrogens (primary N) is 1. The molecule has 2 heterocycles. The molecule has 2 aromatic heterocycles. The Hall–Kier alpha value is -2.56. The van der Waals surface area contributed by atoms with Gasteiger partial charge in [-0.3, -0.25) is 9.59 Å². The fraction of sp³-hybridized carbons (Fsp3) is 0.440. The maximum Gasteiger partial charge on any atom is 0.251 e. The first-order chi connectivity index (χ1) is 17.0. The van der Waals surface area contributed by atoms with Crippen molar-refractivity contribution in [3.8, 4) is 5.75 Å². The number of fused-ring (bicyclic) bond motifs is 1. The Balaban J connectivity index is 1.40. The molecule has 0 spiro atoms. The van der Waals surface area contributed by atoms with Crippen molar-refractivity contribution in [2.45, 2.75) is 58.2 Å². The normalized spacial score (nSPS) is 15.9. The summed E-state index contributed by atoms with van der Waals surface area (Å²) >= 11 is 8.99. The molecule has 8 nitrogen and oxygen atoms in total. The van der Waals surface area contributed by atoms with Crippen LogP contribution in [0.5, 0.6) is 5.75 Å². The van der Waals surface area contributed by atoms with Crippen LogP contribution in [-0.4, -0.2) is 32.3 Å². The molecule has 3 aromatic rings. The Morgan fingerprint density at radius 1 is 1.33 bits per heavy atom.